The molecule has 1 aliphatic heterocycles. The van der Waals surface area contributed by atoms with Crippen LogP contribution in [0.2, 0.25) is 0 Å². The van der Waals surface area contributed by atoms with Gasteiger partial charge >= 0.3 is 0 Å². The molecule has 23 heavy (non-hydrogen) atoms. The van der Waals surface area contributed by atoms with Crippen molar-refractivity contribution in [3.05, 3.63) is 56.1 Å². The van der Waals surface area contributed by atoms with Gasteiger partial charge in [-0.05, 0) is 18.3 Å². The van der Waals surface area contributed by atoms with Gasteiger partial charge in [-0.15, -0.1) is 0 Å². The van der Waals surface area contributed by atoms with Crippen LogP contribution in [0.1, 0.15) is 16.8 Å². The van der Waals surface area contributed by atoms with Gasteiger partial charge in [-0.2, -0.15) is 0 Å². The maximum absolute atomic E-state index is 10.9. The summed E-state index contributed by atoms with van der Waals surface area (Å²) in [5, 5.41) is 10.9. The van der Waals surface area contributed by atoms with Crippen LogP contribution in [0.3, 0.4) is 0 Å². The largest absolute Gasteiger partial charge is 0.496 e. The van der Waals surface area contributed by atoms with E-state index in [4.69, 9.17) is 17.0 Å². The zero-order chi connectivity index (χ0) is 16.4. The third kappa shape index (κ3) is 3.38. The molecule has 0 saturated carbocycles. The molecule has 0 saturated heterocycles. The molecule has 3 rings (SSSR count). The van der Waals surface area contributed by atoms with Crippen LogP contribution in [0.5, 0.6) is 5.75 Å². The predicted molar refractivity (Wildman–Crippen MR) is 86.9 cm³/mol. The summed E-state index contributed by atoms with van der Waals surface area (Å²) in [6, 6.07) is 4.73. The first-order valence-electron chi connectivity index (χ1n) is 7.17. The van der Waals surface area contributed by atoms with E-state index in [1.54, 1.807) is 6.07 Å². The van der Waals surface area contributed by atoms with E-state index in [9.17, 15) is 10.1 Å². The fraction of sp³-hybridized carbons (Fsp3) is 0.333. The molecule has 1 N–H and O–H groups in total. The molecule has 1 aliphatic rings. The third-order valence-electron chi connectivity index (χ3n) is 3.93. The topological polar surface area (TPSA) is 84.3 Å². The Labute approximate surface area is 138 Å². The number of methoxy groups -OCH3 is 1. The summed E-state index contributed by atoms with van der Waals surface area (Å²) in [7, 11) is 1.53. The van der Waals surface area contributed by atoms with Crippen LogP contribution in [0.25, 0.3) is 0 Å². The Morgan fingerprint density at radius 1 is 1.52 bits per heavy atom. The molecule has 2 heterocycles. The number of aromatic nitrogens is 2. The van der Waals surface area contributed by atoms with Gasteiger partial charge in [0, 0.05) is 55.1 Å². The standard InChI is InChI=1S/C15H16N4O3S/c1-22-14-6-12(19(20)21)3-2-10(14)8-18-5-4-13-11(9-18)7-16-15(23)17-13/h2-3,6-7H,4-5,8-9H2,1H3,(H,16,17,23). The summed E-state index contributed by atoms with van der Waals surface area (Å²) >= 11 is 5.05. The second kappa shape index (κ2) is 6.43. The van der Waals surface area contributed by atoms with Crippen LogP contribution in [0.4, 0.5) is 5.69 Å². The monoisotopic (exact) mass is 332 g/mol. The molecule has 0 amide bonds. The number of nitrogens with zero attached hydrogens (tertiary/aromatic N) is 3. The number of aromatic amines is 1. The molecular weight excluding hydrogens is 316 g/mol. The number of rotatable bonds is 4. The molecule has 0 aliphatic carbocycles. The molecule has 2 aromatic rings. The zero-order valence-corrected chi connectivity index (χ0v) is 13.4. The number of ether oxygens (including phenoxy) is 1. The zero-order valence-electron chi connectivity index (χ0n) is 12.6. The number of H-pyrrole nitrogens is 1. The lowest BCUT2D eigenvalue weighted by Gasteiger charge is -2.28. The number of nitro benzene ring substituents is 1. The van der Waals surface area contributed by atoms with E-state index >= 15 is 0 Å². The normalized spacial score (nSPS) is 14.3. The minimum Gasteiger partial charge on any atom is -0.496 e. The van der Waals surface area contributed by atoms with Crippen molar-refractivity contribution in [3.8, 4) is 5.75 Å². The van der Waals surface area contributed by atoms with Crippen LogP contribution in [0.15, 0.2) is 24.4 Å². The maximum atomic E-state index is 10.9. The number of fused-ring (bicyclic) bond motifs is 1. The van der Waals surface area contributed by atoms with Gasteiger partial charge in [0.15, 0.2) is 4.77 Å². The van der Waals surface area contributed by atoms with Crippen LogP contribution in [-0.4, -0.2) is 33.4 Å². The molecule has 1 aromatic heterocycles. The van der Waals surface area contributed by atoms with Crippen molar-refractivity contribution in [2.75, 3.05) is 13.7 Å². The first kappa shape index (κ1) is 15.6. The van der Waals surface area contributed by atoms with Crippen molar-refractivity contribution in [1.29, 1.82) is 0 Å². The summed E-state index contributed by atoms with van der Waals surface area (Å²) < 4.78 is 5.81. The highest BCUT2D eigenvalue weighted by Crippen LogP contribution is 2.27. The number of non-ortho nitro benzene ring substituents is 1. The Morgan fingerprint density at radius 3 is 3.09 bits per heavy atom. The Bertz CT molecular complexity index is 806. The van der Waals surface area contributed by atoms with Gasteiger partial charge in [0.25, 0.3) is 5.69 Å². The van der Waals surface area contributed by atoms with Crippen LogP contribution in [0, 0.1) is 14.9 Å². The first-order valence-corrected chi connectivity index (χ1v) is 7.58. The Balaban J connectivity index is 1.79. The average Bonchev–Trinajstić information content (AvgIpc) is 2.55. The van der Waals surface area contributed by atoms with E-state index in [0.717, 1.165) is 36.3 Å². The number of hydrogen-bond donors (Lipinski definition) is 1. The number of benzene rings is 1. The van der Waals surface area contributed by atoms with Crippen molar-refractivity contribution in [2.45, 2.75) is 19.5 Å². The maximum Gasteiger partial charge on any atom is 0.273 e. The van der Waals surface area contributed by atoms with Crippen LogP contribution in [-0.2, 0) is 19.5 Å². The molecule has 7 nitrogen and oxygen atoms in total. The van der Waals surface area contributed by atoms with Crippen molar-refractivity contribution >= 4 is 17.9 Å². The Kier molecular flexibility index (Phi) is 4.35. The molecule has 8 heteroatoms. The SMILES string of the molecule is COc1cc([N+](=O)[O-])ccc1CN1CCc2[nH]c(=S)ncc2C1. The van der Waals surface area contributed by atoms with Gasteiger partial charge in [0.05, 0.1) is 18.1 Å². The Morgan fingerprint density at radius 2 is 2.35 bits per heavy atom. The second-order valence-corrected chi connectivity index (χ2v) is 5.79. The molecule has 0 atom stereocenters. The van der Waals surface area contributed by atoms with Crippen molar-refractivity contribution in [3.63, 3.8) is 0 Å². The molecule has 0 fully saturated rings. The third-order valence-corrected chi connectivity index (χ3v) is 4.14. The molecule has 0 unspecified atom stereocenters. The summed E-state index contributed by atoms with van der Waals surface area (Å²) in [4.78, 5) is 20.0. The van der Waals surface area contributed by atoms with E-state index in [-0.39, 0.29) is 5.69 Å². The van der Waals surface area contributed by atoms with Gasteiger partial charge in [0.2, 0.25) is 0 Å². The molecule has 1 aromatic carbocycles. The summed E-state index contributed by atoms with van der Waals surface area (Å²) in [6.45, 7) is 2.30. The number of nitrogens with one attached hydrogen (secondary N) is 1. The minimum absolute atomic E-state index is 0.0337. The summed E-state index contributed by atoms with van der Waals surface area (Å²) in [6.07, 6.45) is 2.68. The van der Waals surface area contributed by atoms with E-state index < -0.39 is 4.92 Å². The van der Waals surface area contributed by atoms with Crippen molar-refractivity contribution in [2.24, 2.45) is 0 Å². The highest BCUT2D eigenvalue weighted by molar-refractivity contribution is 7.71. The molecule has 0 radical (unpaired) electrons. The fourth-order valence-electron chi connectivity index (χ4n) is 2.76. The number of hydrogen-bond acceptors (Lipinski definition) is 6. The first-order chi connectivity index (χ1) is 11.1. The van der Waals surface area contributed by atoms with E-state index in [0.29, 0.717) is 17.1 Å². The average molecular weight is 332 g/mol. The predicted octanol–water partition coefficient (Wildman–Crippen LogP) is 2.61. The Hall–Kier alpha value is -2.32. The highest BCUT2D eigenvalue weighted by atomic mass is 32.1. The van der Waals surface area contributed by atoms with E-state index in [1.807, 2.05) is 6.20 Å². The van der Waals surface area contributed by atoms with Crippen molar-refractivity contribution in [1.82, 2.24) is 14.9 Å². The summed E-state index contributed by atoms with van der Waals surface area (Å²) in [5.74, 6) is 0.538. The lowest BCUT2D eigenvalue weighted by atomic mass is 10.1. The van der Waals surface area contributed by atoms with Gasteiger partial charge < -0.3 is 9.72 Å². The van der Waals surface area contributed by atoms with Crippen LogP contribution >= 0.6 is 12.2 Å². The fourth-order valence-corrected chi connectivity index (χ4v) is 2.93. The lowest BCUT2D eigenvalue weighted by Crippen LogP contribution is -2.31. The molecule has 0 spiro atoms. The quantitative estimate of drug-likeness (QED) is 0.526. The smallest absolute Gasteiger partial charge is 0.273 e. The number of nitro groups is 1. The second-order valence-electron chi connectivity index (χ2n) is 5.41. The van der Waals surface area contributed by atoms with Gasteiger partial charge in [0.1, 0.15) is 5.75 Å². The van der Waals surface area contributed by atoms with E-state index in [2.05, 4.69) is 14.9 Å². The molecule has 0 bridgehead atoms. The minimum atomic E-state index is -0.419. The van der Waals surface area contributed by atoms with Gasteiger partial charge in [-0.1, -0.05) is 0 Å². The van der Waals surface area contributed by atoms with Crippen molar-refractivity contribution < 1.29 is 9.66 Å². The summed E-state index contributed by atoms with van der Waals surface area (Å²) in [5.41, 5.74) is 3.23. The van der Waals surface area contributed by atoms with E-state index in [1.165, 1.54) is 19.2 Å². The molecular formula is C15H16N4O3S. The highest BCUT2D eigenvalue weighted by Gasteiger charge is 2.19. The van der Waals surface area contributed by atoms with Gasteiger partial charge in [-0.3, -0.25) is 15.0 Å². The van der Waals surface area contributed by atoms with Gasteiger partial charge in [-0.25, -0.2) is 4.98 Å². The lowest BCUT2D eigenvalue weighted by molar-refractivity contribution is -0.384. The molecule has 120 valence electrons. The van der Waals surface area contributed by atoms with Crippen LogP contribution < -0.4 is 4.74 Å².